The monoisotopic (exact) mass is 329 g/mol. The molecule has 0 aliphatic rings. The third kappa shape index (κ3) is 1.87. The van der Waals surface area contributed by atoms with Crippen molar-refractivity contribution in [2.24, 2.45) is 7.05 Å². The Labute approximate surface area is 145 Å². The van der Waals surface area contributed by atoms with E-state index >= 15 is 0 Å². The Morgan fingerprint density at radius 1 is 0.792 bits per heavy atom. The van der Waals surface area contributed by atoms with Gasteiger partial charge in [-0.2, -0.15) is 0 Å². The zero-order valence-electron chi connectivity index (χ0n) is 14.0. The van der Waals surface area contributed by atoms with Gasteiger partial charge in [-0.25, -0.2) is 0 Å². The topological polar surface area (TPSA) is 4.93 Å². The molecule has 0 radical (unpaired) electrons. The predicted octanol–water partition coefficient (Wildman–Crippen LogP) is 6.65. The number of thiophene rings is 1. The van der Waals surface area contributed by atoms with Crippen LogP contribution < -0.4 is 0 Å². The molecule has 1 nitrogen and oxygen atoms in total. The van der Waals surface area contributed by atoms with Crippen molar-refractivity contribution in [2.45, 2.75) is 19.8 Å². The molecule has 118 valence electrons. The van der Waals surface area contributed by atoms with Crippen LogP contribution in [0.4, 0.5) is 0 Å². The Hall–Kier alpha value is -2.32. The number of rotatable bonds is 2. The van der Waals surface area contributed by atoms with Crippen molar-refractivity contribution < 1.29 is 0 Å². The Morgan fingerprint density at radius 2 is 1.62 bits per heavy atom. The average molecular weight is 329 g/mol. The van der Waals surface area contributed by atoms with Crippen molar-refractivity contribution in [3.05, 3.63) is 60.2 Å². The smallest absolute Gasteiger partial charge is 0.0495 e. The van der Waals surface area contributed by atoms with Crippen LogP contribution in [0.5, 0.6) is 0 Å². The zero-order chi connectivity index (χ0) is 16.3. The molecule has 0 aliphatic carbocycles. The first-order chi connectivity index (χ1) is 11.8. The highest BCUT2D eigenvalue weighted by atomic mass is 32.1. The highest BCUT2D eigenvalue weighted by Crippen LogP contribution is 2.39. The molecule has 0 amide bonds. The summed E-state index contributed by atoms with van der Waals surface area (Å²) in [5, 5.41) is 5.49. The molecule has 2 heterocycles. The van der Waals surface area contributed by atoms with Gasteiger partial charge >= 0.3 is 0 Å². The van der Waals surface area contributed by atoms with E-state index in [4.69, 9.17) is 0 Å². The lowest BCUT2D eigenvalue weighted by Gasteiger charge is -2.00. The summed E-state index contributed by atoms with van der Waals surface area (Å²) in [4.78, 5) is 0. The first-order valence-corrected chi connectivity index (χ1v) is 9.40. The third-order valence-electron chi connectivity index (χ3n) is 5.11. The number of hydrogen-bond acceptors (Lipinski definition) is 1. The Kier molecular flexibility index (Phi) is 2.98. The van der Waals surface area contributed by atoms with Crippen LogP contribution in [0.3, 0.4) is 0 Å². The van der Waals surface area contributed by atoms with Crippen molar-refractivity contribution in [3.8, 4) is 0 Å². The van der Waals surface area contributed by atoms with Crippen LogP contribution in [0.15, 0.2) is 54.6 Å². The zero-order valence-corrected chi connectivity index (χ0v) is 14.8. The molecule has 0 aliphatic heterocycles. The fourth-order valence-electron chi connectivity index (χ4n) is 3.92. The lowest BCUT2D eigenvalue weighted by Crippen LogP contribution is -1.85. The van der Waals surface area contributed by atoms with E-state index in [0.29, 0.717) is 0 Å². The van der Waals surface area contributed by atoms with Crippen molar-refractivity contribution in [3.63, 3.8) is 0 Å². The summed E-state index contributed by atoms with van der Waals surface area (Å²) < 4.78 is 5.12. The van der Waals surface area contributed by atoms with Crippen molar-refractivity contribution in [1.82, 2.24) is 4.57 Å². The van der Waals surface area contributed by atoms with Gasteiger partial charge in [0.05, 0.1) is 0 Å². The molecule has 0 spiro atoms. The summed E-state index contributed by atoms with van der Waals surface area (Å²) in [5.74, 6) is 0. The summed E-state index contributed by atoms with van der Waals surface area (Å²) >= 11 is 1.93. The number of hydrogen-bond donors (Lipinski definition) is 0. The Balaban J connectivity index is 1.89. The minimum atomic E-state index is 1.16. The van der Waals surface area contributed by atoms with Crippen LogP contribution in [-0.4, -0.2) is 4.57 Å². The van der Waals surface area contributed by atoms with E-state index < -0.39 is 0 Å². The Morgan fingerprint density at radius 3 is 2.50 bits per heavy atom. The molecule has 3 aromatic carbocycles. The van der Waals surface area contributed by atoms with Gasteiger partial charge < -0.3 is 4.57 Å². The van der Waals surface area contributed by atoms with Gasteiger partial charge in [-0.3, -0.25) is 0 Å². The summed E-state index contributed by atoms with van der Waals surface area (Å²) in [6, 6.07) is 20.4. The third-order valence-corrected chi connectivity index (χ3v) is 6.22. The molecule has 0 atom stereocenters. The van der Waals surface area contributed by atoms with E-state index in [1.165, 1.54) is 54.0 Å². The van der Waals surface area contributed by atoms with Crippen molar-refractivity contribution in [1.29, 1.82) is 0 Å². The summed E-state index contributed by atoms with van der Waals surface area (Å²) in [5.41, 5.74) is 4.08. The highest BCUT2D eigenvalue weighted by molar-refractivity contribution is 7.25. The molecule has 0 N–H and O–H groups in total. The molecule has 5 aromatic rings. The summed E-state index contributed by atoms with van der Waals surface area (Å²) in [7, 11) is 2.17. The van der Waals surface area contributed by atoms with Gasteiger partial charge in [-0.15, -0.1) is 11.3 Å². The second-order valence-electron chi connectivity index (χ2n) is 6.62. The van der Waals surface area contributed by atoms with E-state index in [9.17, 15) is 0 Å². The van der Waals surface area contributed by atoms with Crippen molar-refractivity contribution in [2.75, 3.05) is 0 Å². The lowest BCUT2D eigenvalue weighted by atomic mass is 10.1. The fourth-order valence-corrected chi connectivity index (χ4v) is 5.11. The molecular formula is C22H19NS. The number of fused-ring (bicyclic) bond motifs is 6. The molecule has 0 unspecified atom stereocenters. The van der Waals surface area contributed by atoms with Gasteiger partial charge in [0.1, 0.15) is 0 Å². The largest absolute Gasteiger partial charge is 0.344 e. The van der Waals surface area contributed by atoms with E-state index in [-0.39, 0.29) is 0 Å². The highest BCUT2D eigenvalue weighted by Gasteiger charge is 2.12. The average Bonchev–Trinajstić information content (AvgIpc) is 3.09. The molecule has 0 fully saturated rings. The molecule has 24 heavy (non-hydrogen) atoms. The van der Waals surface area contributed by atoms with E-state index in [1.54, 1.807) is 0 Å². The van der Waals surface area contributed by atoms with Crippen LogP contribution >= 0.6 is 11.3 Å². The van der Waals surface area contributed by atoms with Crippen LogP contribution in [0.25, 0.3) is 42.0 Å². The SMILES string of the molecule is CCCc1ccc2c(c1)sc1cc3c4ccccc4n(C)c3cc12. The maximum Gasteiger partial charge on any atom is 0.0495 e. The quantitative estimate of drug-likeness (QED) is 0.341. The molecule has 2 heteroatoms. The van der Waals surface area contributed by atoms with Crippen molar-refractivity contribution >= 4 is 53.3 Å². The van der Waals surface area contributed by atoms with Crippen LogP contribution in [0, 0.1) is 0 Å². The van der Waals surface area contributed by atoms with Crippen LogP contribution in [-0.2, 0) is 13.5 Å². The molecule has 0 saturated heterocycles. The minimum Gasteiger partial charge on any atom is -0.344 e. The first kappa shape index (κ1) is 14.1. The normalized spacial score (nSPS) is 12.1. The lowest BCUT2D eigenvalue weighted by molar-refractivity contribution is 0.924. The van der Waals surface area contributed by atoms with Gasteiger partial charge in [-0.1, -0.05) is 43.7 Å². The second kappa shape index (κ2) is 5.09. The van der Waals surface area contributed by atoms with Crippen LogP contribution in [0.1, 0.15) is 18.9 Å². The maximum atomic E-state index is 2.39. The van der Waals surface area contributed by atoms with Crippen LogP contribution in [0.2, 0.25) is 0 Å². The van der Waals surface area contributed by atoms with E-state index in [2.05, 4.69) is 73.1 Å². The number of aromatic nitrogens is 1. The van der Waals surface area contributed by atoms with Gasteiger partial charge in [0.15, 0.2) is 0 Å². The molecular weight excluding hydrogens is 310 g/mol. The summed E-state index contributed by atoms with van der Waals surface area (Å²) in [6.07, 6.45) is 2.36. The van der Waals surface area contributed by atoms with Gasteiger partial charge in [0.2, 0.25) is 0 Å². The predicted molar refractivity (Wildman–Crippen MR) is 107 cm³/mol. The minimum absolute atomic E-state index is 1.16. The standard InChI is InChI=1S/C22H19NS/c1-3-6-14-9-10-16-18-12-20-17(13-22(18)24-21(16)11-14)15-7-4-5-8-19(15)23(20)2/h4-5,7-13H,3,6H2,1-2H3. The van der Waals surface area contributed by atoms with Gasteiger partial charge in [0.25, 0.3) is 0 Å². The first-order valence-electron chi connectivity index (χ1n) is 8.58. The number of aryl methyl sites for hydroxylation is 2. The number of para-hydroxylation sites is 1. The van der Waals surface area contributed by atoms with E-state index in [1.807, 2.05) is 11.3 Å². The number of nitrogens with zero attached hydrogens (tertiary/aromatic N) is 1. The molecule has 5 rings (SSSR count). The molecule has 2 aromatic heterocycles. The molecule has 0 saturated carbocycles. The Bertz CT molecular complexity index is 1220. The summed E-state index contributed by atoms with van der Waals surface area (Å²) in [6.45, 7) is 2.24. The second-order valence-corrected chi connectivity index (χ2v) is 7.71. The maximum absolute atomic E-state index is 2.39. The van der Waals surface area contributed by atoms with Gasteiger partial charge in [-0.05, 0) is 36.2 Å². The van der Waals surface area contributed by atoms with E-state index in [0.717, 1.165) is 6.42 Å². The fraction of sp³-hybridized carbons (Fsp3) is 0.182. The van der Waals surface area contributed by atoms with Gasteiger partial charge in [0, 0.05) is 49.0 Å². The molecule has 0 bridgehead atoms. The number of benzene rings is 3.